The van der Waals surface area contributed by atoms with Gasteiger partial charge in [-0.15, -0.1) is 0 Å². The number of amides is 1. The van der Waals surface area contributed by atoms with Gasteiger partial charge in [0, 0.05) is 36.7 Å². The molecule has 7 nitrogen and oxygen atoms in total. The average molecular weight is 621 g/mol. The predicted octanol–water partition coefficient (Wildman–Crippen LogP) is 6.82. The number of carbonyl (C=O) groups excluding carboxylic acids is 1. The second kappa shape index (κ2) is 16.2. The van der Waals surface area contributed by atoms with Gasteiger partial charge >= 0.3 is 0 Å². The number of aliphatic hydroxyl groups is 1. The lowest BCUT2D eigenvalue weighted by Crippen LogP contribution is -2.44. The molecule has 1 amide bonds. The molecule has 0 aliphatic heterocycles. The van der Waals surface area contributed by atoms with Crippen LogP contribution >= 0.6 is 0 Å². The van der Waals surface area contributed by atoms with Gasteiger partial charge in [0.1, 0.15) is 11.5 Å². The Bertz CT molecular complexity index is 1350. The van der Waals surface area contributed by atoms with E-state index in [-0.39, 0.29) is 35.4 Å². The molecule has 4 N–H and O–H groups in total. The van der Waals surface area contributed by atoms with Crippen LogP contribution in [0, 0.1) is 0 Å². The van der Waals surface area contributed by atoms with Crippen molar-refractivity contribution in [1.29, 1.82) is 0 Å². The molecule has 0 heterocycles. The van der Waals surface area contributed by atoms with Crippen LogP contribution in [-0.2, 0) is 35.2 Å². The largest absolute Gasteiger partial charge is 0.508 e. The molecule has 2 atom stereocenters. The summed E-state index contributed by atoms with van der Waals surface area (Å²) in [7, 11) is -2.10. The van der Waals surface area contributed by atoms with E-state index in [1.807, 2.05) is 43.3 Å². The highest BCUT2D eigenvalue weighted by Crippen LogP contribution is 2.40. The van der Waals surface area contributed by atoms with Gasteiger partial charge in [-0.1, -0.05) is 69.3 Å². The Kier molecular flexibility index (Phi) is 13.0. The summed E-state index contributed by atoms with van der Waals surface area (Å²) in [6, 6.07) is 21.8. The van der Waals surface area contributed by atoms with Gasteiger partial charge in [-0.25, -0.2) is 0 Å². The van der Waals surface area contributed by atoms with Crippen molar-refractivity contribution < 1.29 is 24.2 Å². The summed E-state index contributed by atoms with van der Waals surface area (Å²) in [4.78, 5) is 12.6. The first-order chi connectivity index (χ1) is 20.8. The van der Waals surface area contributed by atoms with Crippen molar-refractivity contribution in [3.8, 4) is 11.5 Å². The SMILES string of the molecule is CCOc1ccccc1CNC(=O)CCc1cccc(C[C@@H](C)NC[C@@H](O[Si](C)(C)C(C)(C)C)c2ccc(O)c(CO)c2)c1. The Morgan fingerprint density at radius 3 is 2.41 bits per heavy atom. The Morgan fingerprint density at radius 2 is 1.70 bits per heavy atom. The van der Waals surface area contributed by atoms with Crippen LogP contribution in [-0.4, -0.2) is 43.6 Å². The summed E-state index contributed by atoms with van der Waals surface area (Å²) in [6.07, 6.45) is 1.71. The molecule has 3 aromatic carbocycles. The van der Waals surface area contributed by atoms with E-state index in [1.54, 1.807) is 6.07 Å². The molecule has 44 heavy (non-hydrogen) atoms. The molecule has 0 saturated heterocycles. The first-order valence-corrected chi connectivity index (χ1v) is 18.6. The molecule has 0 aliphatic rings. The highest BCUT2D eigenvalue weighted by molar-refractivity contribution is 6.74. The summed E-state index contributed by atoms with van der Waals surface area (Å²) >= 11 is 0. The lowest BCUT2D eigenvalue weighted by atomic mass is 10.0. The van der Waals surface area contributed by atoms with Gasteiger partial charge in [0.05, 0.1) is 19.3 Å². The molecule has 0 unspecified atom stereocenters. The van der Waals surface area contributed by atoms with Crippen molar-refractivity contribution in [2.45, 2.75) is 97.3 Å². The van der Waals surface area contributed by atoms with Crippen LogP contribution < -0.4 is 15.4 Å². The van der Waals surface area contributed by atoms with Crippen molar-refractivity contribution in [1.82, 2.24) is 10.6 Å². The van der Waals surface area contributed by atoms with Crippen LogP contribution in [0.1, 0.15) is 75.0 Å². The maximum absolute atomic E-state index is 12.6. The number of aryl methyl sites for hydroxylation is 1. The van der Waals surface area contributed by atoms with E-state index in [2.05, 4.69) is 75.7 Å². The van der Waals surface area contributed by atoms with Crippen molar-refractivity contribution in [2.24, 2.45) is 0 Å². The van der Waals surface area contributed by atoms with Gasteiger partial charge in [-0.05, 0) is 79.7 Å². The molecule has 0 bridgehead atoms. The van der Waals surface area contributed by atoms with E-state index in [4.69, 9.17) is 9.16 Å². The molecule has 0 radical (unpaired) electrons. The number of para-hydroxylation sites is 1. The van der Waals surface area contributed by atoms with Gasteiger partial charge in [0.15, 0.2) is 8.32 Å². The maximum atomic E-state index is 12.6. The minimum atomic E-state index is -2.10. The lowest BCUT2D eigenvalue weighted by Gasteiger charge is -2.40. The zero-order chi connectivity index (χ0) is 32.3. The third-order valence-corrected chi connectivity index (χ3v) is 12.9. The molecule has 3 rings (SSSR count). The van der Waals surface area contributed by atoms with E-state index in [1.165, 1.54) is 5.56 Å². The standard InChI is InChI=1S/C36H52N2O5Si/c1-8-42-33-15-10-9-14-30(33)23-38-35(41)19-16-27-12-11-13-28(21-27)20-26(2)37-24-34(43-44(6,7)36(3,4)5)29-17-18-32(40)31(22-29)25-39/h9-15,17-18,21-22,26,34,37,39-40H,8,16,19-20,23-25H2,1-7H3,(H,38,41)/t26-,34-/m1/s1. The molecular formula is C36H52N2O5Si. The summed E-state index contributed by atoms with van der Waals surface area (Å²) in [5.41, 5.74) is 4.77. The quantitative estimate of drug-likeness (QED) is 0.131. The van der Waals surface area contributed by atoms with Crippen LogP contribution in [0.4, 0.5) is 0 Å². The highest BCUT2D eigenvalue weighted by atomic mass is 28.4. The number of ether oxygens (including phenoxy) is 1. The fourth-order valence-electron chi connectivity index (χ4n) is 4.82. The molecular weight excluding hydrogens is 568 g/mol. The zero-order valence-electron chi connectivity index (χ0n) is 27.6. The molecule has 0 fully saturated rings. The van der Waals surface area contributed by atoms with Gasteiger partial charge in [0.2, 0.25) is 5.91 Å². The van der Waals surface area contributed by atoms with Crippen molar-refractivity contribution in [3.05, 3.63) is 94.5 Å². The second-order valence-electron chi connectivity index (χ2n) is 13.1. The second-order valence-corrected chi connectivity index (χ2v) is 17.8. The summed E-state index contributed by atoms with van der Waals surface area (Å²) < 4.78 is 12.5. The molecule has 3 aromatic rings. The number of hydrogen-bond donors (Lipinski definition) is 4. The van der Waals surface area contributed by atoms with Crippen molar-refractivity contribution in [2.75, 3.05) is 13.2 Å². The number of nitrogens with one attached hydrogen (secondary N) is 2. The predicted molar refractivity (Wildman–Crippen MR) is 180 cm³/mol. The maximum Gasteiger partial charge on any atom is 0.220 e. The smallest absolute Gasteiger partial charge is 0.220 e. The minimum absolute atomic E-state index is 0.0168. The van der Waals surface area contributed by atoms with E-state index in [9.17, 15) is 15.0 Å². The van der Waals surface area contributed by atoms with Gasteiger partial charge in [0.25, 0.3) is 0 Å². The Morgan fingerprint density at radius 1 is 0.977 bits per heavy atom. The van der Waals surface area contributed by atoms with E-state index >= 15 is 0 Å². The number of rotatable bonds is 16. The molecule has 0 spiro atoms. The Balaban J connectivity index is 1.58. The van der Waals surface area contributed by atoms with Crippen LogP contribution in [0.3, 0.4) is 0 Å². The highest BCUT2D eigenvalue weighted by Gasteiger charge is 2.39. The van der Waals surface area contributed by atoms with Crippen LogP contribution in [0.25, 0.3) is 0 Å². The van der Waals surface area contributed by atoms with E-state index in [0.29, 0.717) is 38.1 Å². The molecule has 8 heteroatoms. The normalized spacial score (nSPS) is 13.4. The fourth-order valence-corrected chi connectivity index (χ4v) is 6.11. The van der Waals surface area contributed by atoms with Crippen LogP contribution in [0.2, 0.25) is 18.1 Å². The van der Waals surface area contributed by atoms with Gasteiger partial charge in [-0.3, -0.25) is 4.79 Å². The Hall–Kier alpha value is -3.17. The monoisotopic (exact) mass is 620 g/mol. The lowest BCUT2D eigenvalue weighted by molar-refractivity contribution is -0.121. The third-order valence-electron chi connectivity index (χ3n) is 8.46. The van der Waals surface area contributed by atoms with Crippen LogP contribution in [0.15, 0.2) is 66.7 Å². The number of hydrogen-bond acceptors (Lipinski definition) is 6. The number of aromatic hydroxyl groups is 1. The first kappa shape index (κ1) is 35.3. The third kappa shape index (κ3) is 10.5. The molecule has 0 saturated carbocycles. The van der Waals surface area contributed by atoms with E-state index in [0.717, 1.165) is 28.9 Å². The topological polar surface area (TPSA) is 100 Å². The summed E-state index contributed by atoms with van der Waals surface area (Å²) in [5.74, 6) is 0.914. The van der Waals surface area contributed by atoms with Crippen molar-refractivity contribution in [3.63, 3.8) is 0 Å². The number of carbonyl (C=O) groups is 1. The average Bonchev–Trinajstić information content (AvgIpc) is 2.98. The zero-order valence-corrected chi connectivity index (χ0v) is 28.6. The minimum Gasteiger partial charge on any atom is -0.508 e. The van der Waals surface area contributed by atoms with Gasteiger partial charge < -0.3 is 30.0 Å². The Labute approximate surface area is 265 Å². The molecule has 0 aliphatic carbocycles. The number of benzene rings is 3. The molecule has 240 valence electrons. The van der Waals surface area contributed by atoms with Crippen molar-refractivity contribution >= 4 is 14.2 Å². The van der Waals surface area contributed by atoms with Crippen LogP contribution in [0.5, 0.6) is 11.5 Å². The summed E-state index contributed by atoms with van der Waals surface area (Å²) in [5, 5.41) is 26.6. The first-order valence-electron chi connectivity index (χ1n) is 15.7. The number of phenols is 1. The van der Waals surface area contributed by atoms with E-state index < -0.39 is 8.32 Å². The van der Waals surface area contributed by atoms with Gasteiger partial charge in [-0.2, -0.15) is 0 Å². The molecule has 0 aromatic heterocycles. The number of aliphatic hydroxyl groups excluding tert-OH is 1. The summed E-state index contributed by atoms with van der Waals surface area (Å²) in [6.45, 7) is 16.7. The fraction of sp³-hybridized carbons (Fsp3) is 0.472.